The lowest BCUT2D eigenvalue weighted by molar-refractivity contribution is -0.144. The number of aromatic nitrogens is 3. The lowest BCUT2D eigenvalue weighted by atomic mass is 10.0. The third kappa shape index (κ3) is 9.31. The van der Waals surface area contributed by atoms with E-state index in [0.29, 0.717) is 25.0 Å². The van der Waals surface area contributed by atoms with E-state index in [9.17, 15) is 29.1 Å². The first-order valence-corrected chi connectivity index (χ1v) is 15.7. The molecule has 1 saturated heterocycles. The van der Waals surface area contributed by atoms with Crippen LogP contribution in [0.15, 0.2) is 48.0 Å². The Morgan fingerprint density at radius 2 is 1.81 bits per heavy atom. The van der Waals surface area contributed by atoms with Gasteiger partial charge in [0.05, 0.1) is 12.4 Å². The molecule has 4 rings (SSSR count). The summed E-state index contributed by atoms with van der Waals surface area (Å²) in [6, 6.07) is 2.19. The monoisotopic (exact) mass is 665 g/mol. The molecule has 2 aromatic heterocycles. The number of carbonyl (C=O) groups excluding carboxylic acids is 4. The Kier molecular flexibility index (Phi) is 12.1. The van der Waals surface area contributed by atoms with Crippen LogP contribution in [0.5, 0.6) is 0 Å². The molecule has 17 heteroatoms. The van der Waals surface area contributed by atoms with Gasteiger partial charge in [0.15, 0.2) is 5.96 Å². The van der Waals surface area contributed by atoms with Gasteiger partial charge in [-0.15, -0.1) is 0 Å². The summed E-state index contributed by atoms with van der Waals surface area (Å²) in [4.78, 5) is 80.9. The highest BCUT2D eigenvalue weighted by Gasteiger charge is 2.39. The third-order valence-electron chi connectivity index (χ3n) is 8.19. The Labute approximate surface area is 276 Å². The van der Waals surface area contributed by atoms with Gasteiger partial charge in [0.1, 0.15) is 24.2 Å². The van der Waals surface area contributed by atoms with Gasteiger partial charge in [-0.2, -0.15) is 0 Å². The van der Waals surface area contributed by atoms with Crippen molar-refractivity contribution in [2.45, 2.75) is 75.7 Å². The summed E-state index contributed by atoms with van der Waals surface area (Å²) in [6.07, 6.45) is 6.27. The van der Waals surface area contributed by atoms with E-state index in [0.717, 1.165) is 16.5 Å². The maximum Gasteiger partial charge on any atom is 0.325 e. The summed E-state index contributed by atoms with van der Waals surface area (Å²) in [7, 11) is 0. The fourth-order valence-corrected chi connectivity index (χ4v) is 5.64. The third-order valence-corrected chi connectivity index (χ3v) is 8.19. The van der Waals surface area contributed by atoms with Crippen molar-refractivity contribution >= 4 is 46.5 Å². The molecule has 0 aliphatic carbocycles. The summed E-state index contributed by atoms with van der Waals surface area (Å²) in [5.41, 5.74) is 19.3. The van der Waals surface area contributed by atoms with Crippen LogP contribution in [-0.4, -0.2) is 104 Å². The first kappa shape index (κ1) is 35.4. The second-order valence-corrected chi connectivity index (χ2v) is 11.8. The van der Waals surface area contributed by atoms with E-state index in [1.54, 1.807) is 12.4 Å². The van der Waals surface area contributed by atoms with Crippen molar-refractivity contribution in [1.82, 2.24) is 35.8 Å². The second kappa shape index (κ2) is 16.4. The highest BCUT2D eigenvalue weighted by atomic mass is 16.4. The van der Waals surface area contributed by atoms with Crippen LogP contribution in [0.1, 0.15) is 43.9 Å². The minimum absolute atomic E-state index is 0.0785. The zero-order chi connectivity index (χ0) is 34.8. The number of hydrogen-bond donors (Lipinski definition) is 9. The standard InChI is InChI=1S/C31H43N11O6/c1-17(30(47)48)39-28(45)25-9-5-11-42(25)29(46)23(8-4-10-36-31(33)34)40-27(44)24(12-18-14-37-22-7-3-2-6-20(18)22)41-26(43)21(32)13-19-15-35-16-38-19/h2-3,6-7,14-17,21,23-25,37H,4-5,8-13,32H2,1H3,(H,35,38)(H,39,45)(H,40,44)(H,41,43)(H,47,48)(H4,33,34,36)/t17-,21-,23-,24-,25-/m0/s1. The van der Waals surface area contributed by atoms with Crippen LogP contribution in [0.2, 0.25) is 0 Å². The minimum Gasteiger partial charge on any atom is -0.480 e. The van der Waals surface area contributed by atoms with Gasteiger partial charge in [0, 0.05) is 54.9 Å². The van der Waals surface area contributed by atoms with Gasteiger partial charge in [-0.25, -0.2) is 4.98 Å². The summed E-state index contributed by atoms with van der Waals surface area (Å²) < 4.78 is 0. The van der Waals surface area contributed by atoms with Gasteiger partial charge >= 0.3 is 5.97 Å². The molecule has 12 N–H and O–H groups in total. The number of carboxylic acids is 1. The number of guanidine groups is 1. The number of nitrogens with one attached hydrogen (secondary N) is 5. The van der Waals surface area contributed by atoms with Gasteiger partial charge in [-0.3, -0.25) is 29.0 Å². The van der Waals surface area contributed by atoms with E-state index in [2.05, 4.69) is 35.9 Å². The number of nitrogens with two attached hydrogens (primary N) is 3. The molecule has 0 spiro atoms. The first-order valence-electron chi connectivity index (χ1n) is 15.7. The molecule has 1 aromatic carbocycles. The molecular weight excluding hydrogens is 622 g/mol. The number of carboxylic acid groups (broad SMARTS) is 1. The fourth-order valence-electron chi connectivity index (χ4n) is 5.64. The van der Waals surface area contributed by atoms with Crippen LogP contribution in [0.4, 0.5) is 0 Å². The summed E-state index contributed by atoms with van der Waals surface area (Å²) >= 11 is 0. The van der Waals surface area contributed by atoms with Crippen molar-refractivity contribution in [3.8, 4) is 0 Å². The highest BCUT2D eigenvalue weighted by molar-refractivity contribution is 5.96. The molecule has 3 heterocycles. The molecule has 17 nitrogen and oxygen atoms in total. The fraction of sp³-hybridized carbons (Fsp3) is 0.452. The molecule has 0 bridgehead atoms. The summed E-state index contributed by atoms with van der Waals surface area (Å²) in [5.74, 6) is -3.68. The summed E-state index contributed by atoms with van der Waals surface area (Å²) in [5, 5.41) is 18.1. The van der Waals surface area contributed by atoms with E-state index >= 15 is 0 Å². The van der Waals surface area contributed by atoms with Crippen LogP contribution >= 0.6 is 0 Å². The number of benzene rings is 1. The lowest BCUT2D eigenvalue weighted by Crippen LogP contribution is -2.58. The van der Waals surface area contributed by atoms with Crippen LogP contribution in [0, 0.1) is 0 Å². The number of para-hydroxylation sites is 1. The number of rotatable bonds is 16. The predicted octanol–water partition coefficient (Wildman–Crippen LogP) is -1.39. The van der Waals surface area contributed by atoms with Gasteiger partial charge in [-0.05, 0) is 44.2 Å². The maximum absolute atomic E-state index is 14.0. The van der Waals surface area contributed by atoms with E-state index < -0.39 is 59.8 Å². The Morgan fingerprint density at radius 3 is 2.52 bits per heavy atom. The number of amides is 4. The van der Waals surface area contributed by atoms with Crippen LogP contribution in [0.25, 0.3) is 10.9 Å². The topological polar surface area (TPSA) is 280 Å². The molecule has 1 aliphatic rings. The SMILES string of the molecule is C[C@H](NC(=O)[C@@H]1CCCN1C(=O)[C@H](CCCN=C(N)N)NC(=O)[C@H](Cc1c[nH]c2ccccc12)NC(=O)[C@@H](N)Cc1cnc[nH]1)C(=O)O. The smallest absolute Gasteiger partial charge is 0.325 e. The van der Waals surface area contributed by atoms with E-state index in [1.807, 2.05) is 24.3 Å². The minimum atomic E-state index is -1.21. The van der Waals surface area contributed by atoms with Crippen molar-refractivity contribution in [3.05, 3.63) is 54.2 Å². The van der Waals surface area contributed by atoms with Gasteiger partial charge < -0.3 is 53.1 Å². The van der Waals surface area contributed by atoms with Crippen molar-refractivity contribution in [3.63, 3.8) is 0 Å². The normalized spacial score (nSPS) is 16.8. The lowest BCUT2D eigenvalue weighted by Gasteiger charge is -2.30. The Hall–Kier alpha value is -5.45. The maximum atomic E-state index is 14.0. The first-order chi connectivity index (χ1) is 22.9. The second-order valence-electron chi connectivity index (χ2n) is 11.8. The average Bonchev–Trinajstić information content (AvgIpc) is 3.83. The highest BCUT2D eigenvalue weighted by Crippen LogP contribution is 2.22. The molecule has 1 aliphatic heterocycles. The molecule has 4 amide bonds. The van der Waals surface area contributed by atoms with Crippen molar-refractivity contribution in [2.75, 3.05) is 13.1 Å². The quantitative estimate of drug-likeness (QED) is 0.0490. The Balaban J connectivity index is 1.56. The number of carbonyl (C=O) groups is 5. The number of fused-ring (bicyclic) bond motifs is 1. The molecule has 0 saturated carbocycles. The van der Waals surface area contributed by atoms with Gasteiger partial charge in [0.25, 0.3) is 0 Å². The summed E-state index contributed by atoms with van der Waals surface area (Å²) in [6.45, 7) is 1.74. The molecule has 0 unspecified atom stereocenters. The number of imidazole rings is 1. The molecule has 1 fully saturated rings. The van der Waals surface area contributed by atoms with Crippen LogP contribution < -0.4 is 33.2 Å². The average molecular weight is 666 g/mol. The van der Waals surface area contributed by atoms with Gasteiger partial charge in [-0.1, -0.05) is 18.2 Å². The molecular formula is C31H43N11O6. The number of aromatic amines is 2. The predicted molar refractivity (Wildman–Crippen MR) is 176 cm³/mol. The number of hydrogen-bond acceptors (Lipinski definition) is 8. The molecule has 3 aromatic rings. The van der Waals surface area contributed by atoms with E-state index in [-0.39, 0.29) is 38.3 Å². The van der Waals surface area contributed by atoms with Crippen molar-refractivity contribution in [1.29, 1.82) is 0 Å². The largest absolute Gasteiger partial charge is 0.480 e. The molecule has 5 atom stereocenters. The molecule has 0 radical (unpaired) electrons. The van der Waals surface area contributed by atoms with Crippen LogP contribution in [-0.2, 0) is 36.8 Å². The van der Waals surface area contributed by atoms with E-state index in [1.165, 1.54) is 18.2 Å². The Morgan fingerprint density at radius 1 is 1.06 bits per heavy atom. The number of aliphatic carboxylic acids is 1. The number of aliphatic imine (C=N–C) groups is 1. The van der Waals surface area contributed by atoms with Crippen molar-refractivity contribution in [2.24, 2.45) is 22.2 Å². The van der Waals surface area contributed by atoms with Gasteiger partial charge in [0.2, 0.25) is 23.6 Å². The number of likely N-dealkylation sites (tertiary alicyclic amines) is 1. The molecule has 48 heavy (non-hydrogen) atoms. The number of nitrogens with zero attached hydrogens (tertiary/aromatic N) is 3. The van der Waals surface area contributed by atoms with Crippen LogP contribution in [0.3, 0.4) is 0 Å². The number of H-pyrrole nitrogens is 2. The molecule has 258 valence electrons. The zero-order valence-corrected chi connectivity index (χ0v) is 26.6. The zero-order valence-electron chi connectivity index (χ0n) is 26.6. The van der Waals surface area contributed by atoms with Crippen molar-refractivity contribution < 1.29 is 29.1 Å². The van der Waals surface area contributed by atoms with E-state index in [4.69, 9.17) is 17.2 Å². The Bertz CT molecular complexity index is 1620.